The minimum Gasteiger partial charge on any atom is -0.396 e. The molecule has 6 nitrogen and oxygen atoms in total. The average molecular weight is 477 g/mol. The third kappa shape index (κ3) is 5.75. The molecule has 3 amide bonds. The number of hydrogen-bond donors (Lipinski definition) is 3. The van der Waals surface area contributed by atoms with Gasteiger partial charge in [0, 0.05) is 23.7 Å². The maximum atomic E-state index is 15.0. The van der Waals surface area contributed by atoms with E-state index in [1.807, 2.05) is 30.3 Å². The van der Waals surface area contributed by atoms with Gasteiger partial charge in [-0.3, -0.25) is 10.1 Å². The van der Waals surface area contributed by atoms with E-state index in [1.165, 1.54) is 6.07 Å². The number of halogens is 1. The number of carbonyl (C=O) groups is 2. The average Bonchev–Trinajstić information content (AvgIpc) is 2.89. The molecule has 0 heterocycles. The SMILES string of the molecule is O=C(NC(=O)c1ccccc1)NC1(c2ccccc2F)CC[C@@H](OCc2ccccc2)CC1CO. The number of rotatable bonds is 7. The van der Waals surface area contributed by atoms with Crippen LogP contribution in [-0.2, 0) is 16.9 Å². The fraction of sp³-hybridized carbons (Fsp3) is 0.286. The Labute approximate surface area is 204 Å². The number of imide groups is 1. The van der Waals surface area contributed by atoms with Gasteiger partial charge in [0.2, 0.25) is 0 Å². The molecule has 0 radical (unpaired) electrons. The molecule has 0 saturated heterocycles. The lowest BCUT2D eigenvalue weighted by Gasteiger charge is -2.46. The lowest BCUT2D eigenvalue weighted by atomic mass is 9.68. The van der Waals surface area contributed by atoms with Crippen molar-refractivity contribution in [3.05, 3.63) is 107 Å². The molecule has 0 spiro atoms. The standard InChI is InChI=1S/C28H29FN2O4/c29-25-14-8-7-13-24(25)28(31-27(34)30-26(33)21-11-5-2-6-12-21)16-15-23(17-22(28)18-32)35-19-20-9-3-1-4-10-20/h1-14,22-23,32H,15-19H2,(H2,30,31,33,34)/t22?,23-,28?/m1/s1. The van der Waals surface area contributed by atoms with Crippen molar-refractivity contribution in [3.63, 3.8) is 0 Å². The molecule has 0 aliphatic heterocycles. The molecule has 1 aliphatic carbocycles. The van der Waals surface area contributed by atoms with Gasteiger partial charge in [-0.2, -0.15) is 0 Å². The quantitative estimate of drug-likeness (QED) is 0.467. The first kappa shape index (κ1) is 24.6. The van der Waals surface area contributed by atoms with E-state index in [4.69, 9.17) is 4.74 Å². The molecule has 1 fully saturated rings. The fourth-order valence-corrected chi connectivity index (χ4v) is 4.81. The second-order valence-electron chi connectivity index (χ2n) is 8.80. The van der Waals surface area contributed by atoms with Crippen molar-refractivity contribution in [2.24, 2.45) is 5.92 Å². The number of urea groups is 1. The number of hydrogen-bond acceptors (Lipinski definition) is 4. The van der Waals surface area contributed by atoms with Crippen molar-refractivity contribution in [3.8, 4) is 0 Å². The first-order valence-electron chi connectivity index (χ1n) is 11.7. The van der Waals surface area contributed by atoms with Crippen LogP contribution in [0, 0.1) is 11.7 Å². The molecule has 7 heteroatoms. The summed E-state index contributed by atoms with van der Waals surface area (Å²) in [4.78, 5) is 25.5. The van der Waals surface area contributed by atoms with E-state index in [2.05, 4.69) is 10.6 Å². The van der Waals surface area contributed by atoms with Gasteiger partial charge in [0.25, 0.3) is 5.91 Å². The van der Waals surface area contributed by atoms with E-state index in [-0.39, 0.29) is 18.3 Å². The van der Waals surface area contributed by atoms with Gasteiger partial charge in [-0.05, 0) is 43.0 Å². The van der Waals surface area contributed by atoms with Crippen LogP contribution < -0.4 is 10.6 Å². The molecule has 0 bridgehead atoms. The summed E-state index contributed by atoms with van der Waals surface area (Å²) in [5.41, 5.74) is 0.450. The topological polar surface area (TPSA) is 87.7 Å². The molecular weight excluding hydrogens is 447 g/mol. The van der Waals surface area contributed by atoms with Crippen molar-refractivity contribution in [2.75, 3.05) is 6.61 Å². The van der Waals surface area contributed by atoms with Crippen LogP contribution in [0.3, 0.4) is 0 Å². The van der Waals surface area contributed by atoms with Crippen LogP contribution in [0.5, 0.6) is 0 Å². The molecule has 0 aromatic heterocycles. The Morgan fingerprint density at radius 2 is 1.63 bits per heavy atom. The molecule has 4 rings (SSSR count). The first-order chi connectivity index (χ1) is 17.0. The van der Waals surface area contributed by atoms with Crippen LogP contribution in [0.4, 0.5) is 9.18 Å². The number of aliphatic hydroxyl groups excluding tert-OH is 1. The monoisotopic (exact) mass is 476 g/mol. The molecule has 2 unspecified atom stereocenters. The maximum Gasteiger partial charge on any atom is 0.322 e. The molecule has 182 valence electrons. The zero-order chi connectivity index (χ0) is 24.7. The zero-order valence-corrected chi connectivity index (χ0v) is 19.3. The Morgan fingerprint density at radius 3 is 2.31 bits per heavy atom. The lowest BCUT2D eigenvalue weighted by Crippen LogP contribution is -2.59. The Kier molecular flexibility index (Phi) is 7.90. The normalized spacial score (nSPS) is 21.8. The zero-order valence-electron chi connectivity index (χ0n) is 19.3. The molecule has 35 heavy (non-hydrogen) atoms. The molecule has 3 N–H and O–H groups in total. The Balaban J connectivity index is 1.54. The van der Waals surface area contributed by atoms with Gasteiger partial charge in [0.05, 0.1) is 18.2 Å². The largest absolute Gasteiger partial charge is 0.396 e. The van der Waals surface area contributed by atoms with Gasteiger partial charge in [-0.25, -0.2) is 9.18 Å². The van der Waals surface area contributed by atoms with Crippen LogP contribution in [0.15, 0.2) is 84.9 Å². The Hall–Kier alpha value is -3.55. The lowest BCUT2D eigenvalue weighted by molar-refractivity contribution is -0.0403. The summed E-state index contributed by atoms with van der Waals surface area (Å²) >= 11 is 0. The highest BCUT2D eigenvalue weighted by Gasteiger charge is 2.47. The summed E-state index contributed by atoms with van der Waals surface area (Å²) in [5, 5.41) is 15.5. The van der Waals surface area contributed by atoms with Gasteiger partial charge < -0.3 is 15.2 Å². The van der Waals surface area contributed by atoms with Crippen molar-refractivity contribution >= 4 is 11.9 Å². The summed E-state index contributed by atoms with van der Waals surface area (Å²) in [5.74, 6) is -1.57. The van der Waals surface area contributed by atoms with E-state index in [0.717, 1.165) is 5.56 Å². The summed E-state index contributed by atoms with van der Waals surface area (Å²) in [7, 11) is 0. The molecular formula is C28H29FN2O4. The summed E-state index contributed by atoms with van der Waals surface area (Å²) < 4.78 is 21.1. The van der Waals surface area contributed by atoms with E-state index >= 15 is 4.39 Å². The highest BCUT2D eigenvalue weighted by Crippen LogP contribution is 2.43. The summed E-state index contributed by atoms with van der Waals surface area (Å²) in [6, 6.07) is 23.6. The van der Waals surface area contributed by atoms with Crippen molar-refractivity contribution in [1.29, 1.82) is 0 Å². The molecule has 3 atom stereocenters. The van der Waals surface area contributed by atoms with Crippen molar-refractivity contribution in [2.45, 2.75) is 37.5 Å². The molecule has 1 aliphatic rings. The summed E-state index contributed by atoms with van der Waals surface area (Å²) in [6.07, 6.45) is 1.14. The second-order valence-corrected chi connectivity index (χ2v) is 8.80. The number of benzene rings is 3. The van der Waals surface area contributed by atoms with Crippen LogP contribution in [0.2, 0.25) is 0 Å². The molecule has 3 aromatic rings. The number of nitrogens with one attached hydrogen (secondary N) is 2. The van der Waals surface area contributed by atoms with Crippen LogP contribution in [0.25, 0.3) is 0 Å². The smallest absolute Gasteiger partial charge is 0.322 e. The highest BCUT2D eigenvalue weighted by molar-refractivity contribution is 6.04. The Bertz CT molecular complexity index is 1140. The highest BCUT2D eigenvalue weighted by atomic mass is 19.1. The number of aliphatic hydroxyl groups is 1. The second kappa shape index (κ2) is 11.3. The number of carbonyl (C=O) groups excluding carboxylic acids is 2. The van der Waals surface area contributed by atoms with E-state index in [9.17, 15) is 14.7 Å². The maximum absolute atomic E-state index is 15.0. The summed E-state index contributed by atoms with van der Waals surface area (Å²) in [6.45, 7) is 0.141. The Morgan fingerprint density at radius 1 is 0.971 bits per heavy atom. The van der Waals surface area contributed by atoms with E-state index in [0.29, 0.717) is 31.4 Å². The van der Waals surface area contributed by atoms with Gasteiger partial charge in [-0.15, -0.1) is 0 Å². The minimum atomic E-state index is -1.20. The minimum absolute atomic E-state index is 0.164. The molecule has 1 saturated carbocycles. The van der Waals surface area contributed by atoms with E-state index in [1.54, 1.807) is 48.5 Å². The number of ether oxygens (including phenoxy) is 1. The first-order valence-corrected chi connectivity index (χ1v) is 11.7. The van der Waals surface area contributed by atoms with Gasteiger partial charge in [-0.1, -0.05) is 66.7 Å². The van der Waals surface area contributed by atoms with E-state index < -0.39 is 29.2 Å². The van der Waals surface area contributed by atoms with Gasteiger partial charge >= 0.3 is 6.03 Å². The van der Waals surface area contributed by atoms with Gasteiger partial charge in [0.1, 0.15) is 5.82 Å². The van der Waals surface area contributed by atoms with Crippen LogP contribution in [-0.4, -0.2) is 29.8 Å². The van der Waals surface area contributed by atoms with Gasteiger partial charge in [0.15, 0.2) is 0 Å². The third-order valence-corrected chi connectivity index (χ3v) is 6.61. The predicted octanol–water partition coefficient (Wildman–Crippen LogP) is 4.54. The molecule has 3 aromatic carbocycles. The predicted molar refractivity (Wildman–Crippen MR) is 130 cm³/mol. The van der Waals surface area contributed by atoms with Crippen LogP contribution in [0.1, 0.15) is 40.7 Å². The van der Waals surface area contributed by atoms with Crippen LogP contribution >= 0.6 is 0 Å². The fourth-order valence-electron chi connectivity index (χ4n) is 4.81. The van der Waals surface area contributed by atoms with Crippen molar-refractivity contribution < 1.29 is 23.8 Å². The third-order valence-electron chi connectivity index (χ3n) is 6.61. The van der Waals surface area contributed by atoms with Crippen molar-refractivity contribution in [1.82, 2.24) is 10.6 Å². The number of amides is 3.